The minimum Gasteiger partial charge on any atom is -0.390 e. The maximum atomic E-state index is 10.1. The van der Waals surface area contributed by atoms with E-state index in [9.17, 15) is 5.11 Å². The van der Waals surface area contributed by atoms with E-state index in [4.69, 9.17) is 4.74 Å². The first kappa shape index (κ1) is 11.0. The average Bonchev–Trinajstić information content (AvgIpc) is 2.08. The van der Waals surface area contributed by atoms with E-state index in [-0.39, 0.29) is 0 Å². The Morgan fingerprint density at radius 3 is 2.85 bits per heavy atom. The molecule has 1 N–H and O–H groups in total. The van der Waals surface area contributed by atoms with Gasteiger partial charge >= 0.3 is 0 Å². The number of hydrogen-bond donors (Lipinski definition) is 1. The van der Waals surface area contributed by atoms with Gasteiger partial charge < -0.3 is 9.84 Å². The van der Waals surface area contributed by atoms with Crippen molar-refractivity contribution >= 4 is 0 Å². The molecule has 1 saturated carbocycles. The molecule has 0 radical (unpaired) electrons. The minimum absolute atomic E-state index is 0.354. The van der Waals surface area contributed by atoms with Gasteiger partial charge in [-0.15, -0.1) is 0 Å². The van der Waals surface area contributed by atoms with Gasteiger partial charge in [0.15, 0.2) is 0 Å². The first-order valence-corrected chi connectivity index (χ1v) is 5.47. The molecular formula is C11H22O2. The zero-order valence-corrected chi connectivity index (χ0v) is 8.88. The van der Waals surface area contributed by atoms with Crippen LogP contribution in [0, 0.1) is 5.92 Å². The molecule has 0 amide bonds. The van der Waals surface area contributed by atoms with Crippen molar-refractivity contribution in [3.63, 3.8) is 0 Å². The first-order chi connectivity index (χ1) is 6.17. The highest BCUT2D eigenvalue weighted by Gasteiger charge is 2.34. The Bertz CT molecular complexity index is 143. The third kappa shape index (κ3) is 3.28. The van der Waals surface area contributed by atoms with Gasteiger partial charge in [-0.2, -0.15) is 0 Å². The Kier molecular flexibility index (Phi) is 4.20. The highest BCUT2D eigenvalue weighted by atomic mass is 16.5. The van der Waals surface area contributed by atoms with Crippen LogP contribution >= 0.6 is 0 Å². The Morgan fingerprint density at radius 2 is 2.23 bits per heavy atom. The fourth-order valence-electron chi connectivity index (χ4n) is 2.02. The smallest absolute Gasteiger partial charge is 0.0669 e. The molecule has 1 rings (SSSR count). The minimum atomic E-state index is -0.480. The largest absolute Gasteiger partial charge is 0.390 e. The van der Waals surface area contributed by atoms with Crippen molar-refractivity contribution in [1.82, 2.24) is 0 Å². The van der Waals surface area contributed by atoms with Crippen molar-refractivity contribution in [3.05, 3.63) is 0 Å². The van der Waals surface area contributed by atoms with Gasteiger partial charge in [0.25, 0.3) is 0 Å². The predicted molar refractivity (Wildman–Crippen MR) is 53.7 cm³/mol. The molecule has 2 atom stereocenters. The predicted octanol–water partition coefficient (Wildman–Crippen LogP) is 2.35. The summed E-state index contributed by atoms with van der Waals surface area (Å²) in [6.07, 6.45) is 5.53. The van der Waals surface area contributed by atoms with Crippen molar-refractivity contribution in [2.24, 2.45) is 5.92 Å². The van der Waals surface area contributed by atoms with E-state index in [0.717, 1.165) is 38.9 Å². The van der Waals surface area contributed by atoms with Crippen LogP contribution in [0.15, 0.2) is 0 Å². The number of aliphatic hydroxyl groups is 1. The average molecular weight is 186 g/mol. The van der Waals surface area contributed by atoms with Crippen LogP contribution in [0.25, 0.3) is 0 Å². The lowest BCUT2D eigenvalue weighted by atomic mass is 9.77. The molecular weight excluding hydrogens is 164 g/mol. The van der Waals surface area contributed by atoms with Crippen LogP contribution in [-0.4, -0.2) is 23.9 Å². The third-order valence-electron chi connectivity index (χ3n) is 3.03. The summed E-state index contributed by atoms with van der Waals surface area (Å²) in [6.45, 7) is 5.62. The van der Waals surface area contributed by atoms with Crippen LogP contribution in [0.5, 0.6) is 0 Å². The monoisotopic (exact) mass is 186 g/mol. The first-order valence-electron chi connectivity index (χ1n) is 5.47. The molecule has 0 aromatic rings. The topological polar surface area (TPSA) is 29.5 Å². The van der Waals surface area contributed by atoms with Gasteiger partial charge in [-0.1, -0.05) is 19.8 Å². The zero-order chi connectivity index (χ0) is 9.73. The van der Waals surface area contributed by atoms with Crippen molar-refractivity contribution < 1.29 is 9.84 Å². The van der Waals surface area contributed by atoms with Gasteiger partial charge in [0, 0.05) is 12.5 Å². The van der Waals surface area contributed by atoms with Gasteiger partial charge in [0.2, 0.25) is 0 Å². The van der Waals surface area contributed by atoms with E-state index < -0.39 is 5.60 Å². The number of hydrogen-bond acceptors (Lipinski definition) is 2. The molecule has 2 heteroatoms. The van der Waals surface area contributed by atoms with Gasteiger partial charge in [-0.05, 0) is 26.2 Å². The summed E-state index contributed by atoms with van der Waals surface area (Å²) in [7, 11) is 0. The second-order valence-electron chi connectivity index (χ2n) is 4.37. The second kappa shape index (κ2) is 4.97. The van der Waals surface area contributed by atoms with Crippen LogP contribution in [0.1, 0.15) is 46.0 Å². The molecule has 0 saturated heterocycles. The number of ether oxygens (including phenoxy) is 1. The van der Waals surface area contributed by atoms with Gasteiger partial charge in [-0.25, -0.2) is 0 Å². The lowest BCUT2D eigenvalue weighted by Crippen LogP contribution is -2.40. The Morgan fingerprint density at radius 1 is 1.46 bits per heavy atom. The molecule has 0 heterocycles. The molecule has 13 heavy (non-hydrogen) atoms. The molecule has 1 fully saturated rings. The van der Waals surface area contributed by atoms with Crippen LogP contribution in [0.3, 0.4) is 0 Å². The molecule has 1 aliphatic rings. The standard InChI is InChI=1S/C11H22O2/c1-3-8-13-9-10-6-4-5-7-11(10,2)12/h10,12H,3-9H2,1-2H3/t10-,11+/m1/s1. The van der Waals surface area contributed by atoms with E-state index >= 15 is 0 Å². The normalized spacial score (nSPS) is 34.8. The Hall–Kier alpha value is -0.0800. The molecule has 2 nitrogen and oxygen atoms in total. The summed E-state index contributed by atoms with van der Waals surface area (Å²) in [5.74, 6) is 0.354. The van der Waals surface area contributed by atoms with E-state index in [1.807, 2.05) is 6.92 Å². The van der Waals surface area contributed by atoms with Crippen molar-refractivity contribution in [2.45, 2.75) is 51.6 Å². The van der Waals surface area contributed by atoms with E-state index in [1.165, 1.54) is 6.42 Å². The molecule has 0 aromatic carbocycles. The zero-order valence-electron chi connectivity index (χ0n) is 8.88. The summed E-state index contributed by atoms with van der Waals surface area (Å²) < 4.78 is 5.50. The van der Waals surface area contributed by atoms with Crippen LogP contribution in [0.4, 0.5) is 0 Å². The summed E-state index contributed by atoms with van der Waals surface area (Å²) in [5, 5.41) is 10.1. The molecule has 1 aliphatic carbocycles. The Labute approximate surface area is 81.3 Å². The highest BCUT2D eigenvalue weighted by Crippen LogP contribution is 2.33. The van der Waals surface area contributed by atoms with E-state index in [1.54, 1.807) is 0 Å². The van der Waals surface area contributed by atoms with Gasteiger partial charge in [0.05, 0.1) is 12.2 Å². The molecule has 0 aliphatic heterocycles. The molecule has 0 spiro atoms. The Balaban J connectivity index is 2.29. The highest BCUT2D eigenvalue weighted by molar-refractivity contribution is 4.85. The van der Waals surface area contributed by atoms with Crippen LogP contribution in [-0.2, 0) is 4.74 Å². The SMILES string of the molecule is CCCOC[C@H]1CCCC[C@]1(C)O. The van der Waals surface area contributed by atoms with Gasteiger partial charge in [-0.3, -0.25) is 0 Å². The van der Waals surface area contributed by atoms with E-state index in [2.05, 4.69) is 6.92 Å². The van der Waals surface area contributed by atoms with Gasteiger partial charge in [0.1, 0.15) is 0 Å². The molecule has 0 unspecified atom stereocenters. The summed E-state index contributed by atoms with van der Waals surface area (Å²) >= 11 is 0. The van der Waals surface area contributed by atoms with Crippen LogP contribution in [0.2, 0.25) is 0 Å². The summed E-state index contributed by atoms with van der Waals surface area (Å²) in [6, 6.07) is 0. The quantitative estimate of drug-likeness (QED) is 0.683. The third-order valence-corrected chi connectivity index (χ3v) is 3.03. The van der Waals surface area contributed by atoms with Crippen molar-refractivity contribution in [3.8, 4) is 0 Å². The molecule has 78 valence electrons. The van der Waals surface area contributed by atoms with Crippen molar-refractivity contribution in [2.75, 3.05) is 13.2 Å². The number of rotatable bonds is 4. The summed E-state index contributed by atoms with van der Waals surface area (Å²) in [4.78, 5) is 0. The summed E-state index contributed by atoms with van der Waals surface area (Å²) in [5.41, 5.74) is -0.480. The second-order valence-corrected chi connectivity index (χ2v) is 4.37. The fraction of sp³-hybridized carbons (Fsp3) is 1.00. The maximum Gasteiger partial charge on any atom is 0.0669 e. The molecule has 0 aromatic heterocycles. The fourth-order valence-corrected chi connectivity index (χ4v) is 2.02. The van der Waals surface area contributed by atoms with E-state index in [0.29, 0.717) is 5.92 Å². The lowest BCUT2D eigenvalue weighted by Gasteiger charge is -2.36. The van der Waals surface area contributed by atoms with Crippen LogP contribution < -0.4 is 0 Å². The molecule has 0 bridgehead atoms. The maximum absolute atomic E-state index is 10.1. The lowest BCUT2D eigenvalue weighted by molar-refractivity contribution is -0.0663. The van der Waals surface area contributed by atoms with Crippen molar-refractivity contribution in [1.29, 1.82) is 0 Å².